The van der Waals surface area contributed by atoms with Crippen LogP contribution in [-0.2, 0) is 23.9 Å². The van der Waals surface area contributed by atoms with Crippen molar-refractivity contribution in [1.82, 2.24) is 5.32 Å². The van der Waals surface area contributed by atoms with Gasteiger partial charge in [0.05, 0.1) is 51.6 Å². The first kappa shape index (κ1) is 51.1. The number of carboxylic acid groups (broad SMARTS) is 2. The van der Waals surface area contributed by atoms with Gasteiger partial charge in [-0.3, -0.25) is 9.59 Å². The van der Waals surface area contributed by atoms with Gasteiger partial charge in [0.2, 0.25) is 0 Å². The van der Waals surface area contributed by atoms with E-state index in [4.69, 9.17) is 14.7 Å². The lowest BCUT2D eigenvalue weighted by molar-refractivity contribution is -0.147. The van der Waals surface area contributed by atoms with Crippen molar-refractivity contribution in [3.05, 3.63) is 116 Å². The summed E-state index contributed by atoms with van der Waals surface area (Å²) in [5, 5.41) is 34.6. The number of fused-ring (bicyclic) bond motifs is 5. The zero-order valence-electron chi connectivity index (χ0n) is 40.5. The van der Waals surface area contributed by atoms with Crippen LogP contribution in [0.5, 0.6) is 0 Å². The van der Waals surface area contributed by atoms with Gasteiger partial charge in [-0.25, -0.2) is 24.6 Å². The standard InChI is InChI=1S/C54H70N4O8/c1-11-37-34(8)41-26-42-35(9)39(22-23-47(60)66-25-24-33(7)21-15-20-32(6)19-14-18-31(5)17-13-16-30(3)4)50(57-42)49(52(61)54(64)65)51-48(53(62)63)36(10)43(58-51)27-45-38(12-2)40(29-59)46(56-45)28-44(37)55-41/h11,24,26-32,35,39,57,59H,1,12-23,25H2,2-10H3,(H,62,63)(H,64,65)/b33-24+,40-29+,42-26?,43-27?,44-28?,50-49?/t31-,32-,35+,39+/m1/s1. The molecule has 0 unspecified atom stereocenters. The van der Waals surface area contributed by atoms with Crippen LogP contribution in [0, 0.1) is 29.6 Å². The zero-order valence-corrected chi connectivity index (χ0v) is 40.5. The van der Waals surface area contributed by atoms with Gasteiger partial charge in [-0.2, -0.15) is 0 Å². The lowest BCUT2D eigenvalue weighted by Gasteiger charge is -2.18. The Labute approximate surface area is 391 Å². The average molecular weight is 903 g/mol. The molecule has 0 aromatic rings. The summed E-state index contributed by atoms with van der Waals surface area (Å²) in [4.78, 5) is 67.4. The average Bonchev–Trinajstić information content (AvgIpc) is 3.95. The fourth-order valence-electron chi connectivity index (χ4n) is 9.50. The summed E-state index contributed by atoms with van der Waals surface area (Å²) in [6.45, 7) is 22.7. The molecule has 8 bridgehead atoms. The number of rotatable bonds is 22. The van der Waals surface area contributed by atoms with E-state index in [0.29, 0.717) is 52.0 Å². The third kappa shape index (κ3) is 12.1. The third-order valence-corrected chi connectivity index (χ3v) is 13.6. The summed E-state index contributed by atoms with van der Waals surface area (Å²) >= 11 is 0. The van der Waals surface area contributed by atoms with Crippen molar-refractivity contribution in [3.8, 4) is 0 Å². The number of aliphatic hydroxyl groups excluding tert-OH is 1. The SMILES string of the molecule is C=CC1=C(C)C2=NC1=CC1=NC(=C(CC)/C1=C\O)C=C1N=C(C(C(=O)O)=C1C)C(C(=O)C(=O)O)=C1NC(=C2)[C@@H](C)[C@@H]1CCC(=O)OC/C=C(\C)CCC[C@H](C)CCC[C@H](C)CCCC(C)C. The Balaban J connectivity index is 1.40. The first-order valence-electron chi connectivity index (χ1n) is 23.8. The summed E-state index contributed by atoms with van der Waals surface area (Å²) in [5.74, 6) is -3.85. The largest absolute Gasteiger partial charge is 0.515 e. The fraction of sp³-hybridized carbons (Fsp3) is 0.500. The highest BCUT2D eigenvalue weighted by Crippen LogP contribution is 2.42. The van der Waals surface area contributed by atoms with Crippen LogP contribution in [0.25, 0.3) is 0 Å². The molecule has 5 heterocycles. The number of hydrogen-bond donors (Lipinski definition) is 4. The van der Waals surface area contributed by atoms with Crippen LogP contribution in [0.1, 0.15) is 139 Å². The molecule has 12 nitrogen and oxygen atoms in total. The number of nitrogens with one attached hydrogen (secondary N) is 1. The van der Waals surface area contributed by atoms with Gasteiger partial charge in [-0.15, -0.1) is 0 Å². The van der Waals surface area contributed by atoms with Gasteiger partial charge in [0.15, 0.2) is 0 Å². The maximum atomic E-state index is 13.9. The van der Waals surface area contributed by atoms with Crippen LogP contribution < -0.4 is 5.32 Å². The van der Waals surface area contributed by atoms with Crippen molar-refractivity contribution in [2.24, 2.45) is 44.6 Å². The monoisotopic (exact) mass is 903 g/mol. The lowest BCUT2D eigenvalue weighted by Crippen LogP contribution is -2.29. The second-order valence-electron chi connectivity index (χ2n) is 19.0. The first-order chi connectivity index (χ1) is 31.4. The molecule has 0 radical (unpaired) electrons. The topological polar surface area (TPSA) is 187 Å². The minimum Gasteiger partial charge on any atom is -0.515 e. The minimum atomic E-state index is -1.79. The highest BCUT2D eigenvalue weighted by atomic mass is 16.5. The number of allylic oxidation sites excluding steroid dienone is 11. The molecule has 354 valence electrons. The number of hydrogen-bond acceptors (Lipinski definition) is 10. The predicted molar refractivity (Wildman–Crippen MR) is 262 cm³/mol. The maximum absolute atomic E-state index is 13.9. The molecule has 0 aromatic heterocycles. The number of carboxylic acids is 2. The number of aliphatic carboxylic acids is 2. The molecule has 1 fully saturated rings. The van der Waals surface area contributed by atoms with Crippen molar-refractivity contribution in [2.75, 3.05) is 6.61 Å². The van der Waals surface area contributed by atoms with Crippen LogP contribution in [0.4, 0.5) is 0 Å². The minimum absolute atomic E-state index is 0.0524. The highest BCUT2D eigenvalue weighted by molar-refractivity contribution is 6.52. The van der Waals surface area contributed by atoms with Gasteiger partial charge in [0.1, 0.15) is 6.61 Å². The van der Waals surface area contributed by atoms with E-state index >= 15 is 0 Å². The second-order valence-corrected chi connectivity index (χ2v) is 19.0. The molecule has 0 amide bonds. The molecule has 5 aliphatic rings. The number of ketones is 1. The second kappa shape index (κ2) is 23.0. The van der Waals surface area contributed by atoms with Crippen molar-refractivity contribution in [2.45, 2.75) is 139 Å². The molecule has 5 rings (SSSR count). The van der Waals surface area contributed by atoms with Crippen molar-refractivity contribution < 1.29 is 39.2 Å². The Hall–Kier alpha value is -5.91. The van der Waals surface area contributed by atoms with Gasteiger partial charge < -0.3 is 25.4 Å². The van der Waals surface area contributed by atoms with Gasteiger partial charge in [0.25, 0.3) is 5.78 Å². The van der Waals surface area contributed by atoms with Crippen LogP contribution in [0.2, 0.25) is 0 Å². The number of aliphatic hydroxyl groups is 1. The Morgan fingerprint density at radius 1 is 0.848 bits per heavy atom. The van der Waals surface area contributed by atoms with Gasteiger partial charge in [0, 0.05) is 40.8 Å². The summed E-state index contributed by atoms with van der Waals surface area (Å²) in [6.07, 6.45) is 21.2. The van der Waals surface area contributed by atoms with E-state index in [1.807, 2.05) is 32.9 Å². The van der Waals surface area contributed by atoms with Crippen LogP contribution in [-0.4, -0.2) is 62.8 Å². The van der Waals surface area contributed by atoms with E-state index < -0.39 is 41.1 Å². The fourth-order valence-corrected chi connectivity index (χ4v) is 9.50. The molecule has 0 aliphatic carbocycles. The summed E-state index contributed by atoms with van der Waals surface area (Å²) in [5.41, 5.74) is 5.80. The molecule has 5 aliphatic heterocycles. The van der Waals surface area contributed by atoms with E-state index in [2.05, 4.69) is 51.5 Å². The smallest absolute Gasteiger partial charge is 0.377 e. The Kier molecular flexibility index (Phi) is 17.8. The molecule has 4 N–H and O–H groups in total. The Morgan fingerprint density at radius 3 is 2.12 bits per heavy atom. The number of ether oxygens (including phenoxy) is 1. The number of nitrogens with zero attached hydrogens (tertiary/aromatic N) is 3. The Morgan fingerprint density at radius 2 is 1.52 bits per heavy atom. The molecular weight excluding hydrogens is 833 g/mol. The van der Waals surface area contributed by atoms with Gasteiger partial charge in [-0.05, 0) is 105 Å². The summed E-state index contributed by atoms with van der Waals surface area (Å²) < 4.78 is 5.68. The molecule has 4 atom stereocenters. The molecule has 0 spiro atoms. The van der Waals surface area contributed by atoms with Crippen molar-refractivity contribution in [1.29, 1.82) is 0 Å². The van der Waals surface area contributed by atoms with Crippen molar-refractivity contribution in [3.63, 3.8) is 0 Å². The molecule has 0 aromatic carbocycles. The molecule has 1 saturated heterocycles. The quantitative estimate of drug-likeness (QED) is 0.0355. The lowest BCUT2D eigenvalue weighted by atomic mass is 9.84. The zero-order chi connectivity index (χ0) is 48.4. The predicted octanol–water partition coefficient (Wildman–Crippen LogP) is 11.5. The third-order valence-electron chi connectivity index (χ3n) is 13.6. The Bertz CT molecular complexity index is 2390. The summed E-state index contributed by atoms with van der Waals surface area (Å²) in [6, 6.07) is 0. The molecule has 0 saturated carbocycles. The van der Waals surface area contributed by atoms with Crippen LogP contribution in [0.15, 0.2) is 131 Å². The normalized spacial score (nSPS) is 21.1. The van der Waals surface area contributed by atoms with Gasteiger partial charge in [-0.1, -0.05) is 105 Å². The van der Waals surface area contributed by atoms with E-state index in [9.17, 15) is 34.5 Å². The van der Waals surface area contributed by atoms with E-state index in [-0.39, 0.29) is 47.7 Å². The molecule has 66 heavy (non-hydrogen) atoms. The molecule has 12 heteroatoms. The van der Waals surface area contributed by atoms with Gasteiger partial charge >= 0.3 is 17.9 Å². The van der Waals surface area contributed by atoms with Crippen molar-refractivity contribution >= 4 is 40.8 Å². The number of aliphatic imine (C=N–C) groups is 3. The van der Waals surface area contributed by atoms with Crippen LogP contribution in [0.3, 0.4) is 0 Å². The number of carbonyl (C=O) groups is 4. The first-order valence-corrected chi connectivity index (χ1v) is 23.8. The maximum Gasteiger partial charge on any atom is 0.377 e. The number of carbonyl (C=O) groups excluding carboxylic acids is 2. The van der Waals surface area contributed by atoms with E-state index in [0.717, 1.165) is 54.1 Å². The summed E-state index contributed by atoms with van der Waals surface area (Å²) in [7, 11) is 0. The van der Waals surface area contributed by atoms with E-state index in [1.54, 1.807) is 25.2 Å². The number of esters is 1. The van der Waals surface area contributed by atoms with E-state index in [1.165, 1.54) is 38.5 Å². The number of Topliss-reactive ketones (excluding diaryl/α,β-unsaturated/α-hetero) is 1. The highest BCUT2D eigenvalue weighted by Gasteiger charge is 2.43. The molecular formula is C54H70N4O8. The van der Waals surface area contributed by atoms with Crippen LogP contribution >= 0.6 is 0 Å².